The second-order valence-corrected chi connectivity index (χ2v) is 12.1. The molecule has 12 nitrogen and oxygen atoms in total. The summed E-state index contributed by atoms with van der Waals surface area (Å²) in [7, 11) is 0. The molecule has 2 aliphatic heterocycles. The number of imidazole rings is 1. The number of fused-ring (bicyclic) bond motifs is 1. The smallest absolute Gasteiger partial charge is 0.335 e. The minimum Gasteiger partial charge on any atom is -0.457 e. The normalized spacial score (nSPS) is 17.0. The van der Waals surface area contributed by atoms with E-state index in [4.69, 9.17) is 15.2 Å². The van der Waals surface area contributed by atoms with Crippen LogP contribution in [-0.2, 0) is 16.1 Å². The van der Waals surface area contributed by atoms with Crippen LogP contribution in [0.25, 0.3) is 16.9 Å². The van der Waals surface area contributed by atoms with E-state index in [9.17, 15) is 14.9 Å². The van der Waals surface area contributed by atoms with Crippen LogP contribution in [0.15, 0.2) is 77.4 Å². The first-order chi connectivity index (χ1) is 21.1. The van der Waals surface area contributed by atoms with E-state index < -0.39 is 23.2 Å². The van der Waals surface area contributed by atoms with Gasteiger partial charge in [-0.3, -0.25) is 18.8 Å². The largest absolute Gasteiger partial charge is 0.457 e. The van der Waals surface area contributed by atoms with Gasteiger partial charge >= 0.3 is 5.69 Å². The molecule has 44 heavy (non-hydrogen) atoms. The third kappa shape index (κ3) is 5.43. The van der Waals surface area contributed by atoms with Gasteiger partial charge in [-0.05, 0) is 63.2 Å². The quantitative estimate of drug-likeness (QED) is 0.220. The molecule has 4 aromatic rings. The predicted octanol–water partition coefficient (Wildman–Crippen LogP) is 3.02. The van der Waals surface area contributed by atoms with Gasteiger partial charge in [0.1, 0.15) is 35.0 Å². The highest BCUT2D eigenvalue weighted by Crippen LogP contribution is 2.41. The summed E-state index contributed by atoms with van der Waals surface area (Å²) in [6.07, 6.45) is 3.00. The molecule has 1 spiro atoms. The third-order valence-electron chi connectivity index (χ3n) is 8.19. The van der Waals surface area contributed by atoms with Crippen LogP contribution in [0.5, 0.6) is 11.5 Å². The lowest BCUT2D eigenvalue weighted by Crippen LogP contribution is -2.70. The molecule has 0 unspecified atom stereocenters. The number of nitrogens with two attached hydrogens (primary N) is 1. The van der Waals surface area contributed by atoms with Gasteiger partial charge in [-0.25, -0.2) is 14.8 Å². The van der Waals surface area contributed by atoms with Crippen LogP contribution in [0.2, 0.25) is 0 Å². The van der Waals surface area contributed by atoms with E-state index in [0.29, 0.717) is 28.4 Å². The number of anilines is 1. The lowest BCUT2D eigenvalue weighted by atomic mass is 9.75. The Bertz CT molecular complexity index is 1820. The van der Waals surface area contributed by atoms with Crippen molar-refractivity contribution >= 4 is 22.9 Å². The first-order valence-electron chi connectivity index (χ1n) is 14.4. The molecule has 0 bridgehead atoms. The first kappa shape index (κ1) is 29.1. The van der Waals surface area contributed by atoms with Crippen molar-refractivity contribution in [3.8, 4) is 23.3 Å². The standard InChI is InChI=1S/C32H34N8O4/c1-21(37-29(41)22(14-33)13-31(2,3)38-16-32(17-38)18-43-19-32)15-39-28-26(27(34)35-20-36-28)40(30(39)42)23-9-11-25(12-10-23)44-24-7-5-4-6-8-24/h4-13,20-21H,15-19H2,1-3H3,(H,37,41)(H2,34,35,36)/b22-13+/t21-/m0/s1. The number of nitrogens with one attached hydrogen (secondary N) is 1. The fraction of sp³-hybridized carbons (Fsp3) is 0.344. The van der Waals surface area contributed by atoms with Crippen LogP contribution >= 0.6 is 0 Å². The van der Waals surface area contributed by atoms with Crippen molar-refractivity contribution in [2.24, 2.45) is 5.41 Å². The van der Waals surface area contributed by atoms with E-state index in [2.05, 4.69) is 26.3 Å². The monoisotopic (exact) mass is 594 g/mol. The molecule has 0 aliphatic carbocycles. The summed E-state index contributed by atoms with van der Waals surface area (Å²) in [4.78, 5) is 37.7. The van der Waals surface area contributed by atoms with Crippen molar-refractivity contribution in [1.29, 1.82) is 5.26 Å². The fourth-order valence-corrected chi connectivity index (χ4v) is 5.75. The van der Waals surface area contributed by atoms with Crippen LogP contribution in [0.3, 0.4) is 0 Å². The zero-order valence-corrected chi connectivity index (χ0v) is 24.9. The number of benzene rings is 2. The van der Waals surface area contributed by atoms with Crippen molar-refractivity contribution in [2.45, 2.75) is 38.9 Å². The lowest BCUT2D eigenvalue weighted by Gasteiger charge is -2.59. The summed E-state index contributed by atoms with van der Waals surface area (Å²) in [6.45, 7) is 9.10. The van der Waals surface area contributed by atoms with Crippen molar-refractivity contribution in [2.75, 3.05) is 32.0 Å². The van der Waals surface area contributed by atoms with Crippen molar-refractivity contribution in [3.63, 3.8) is 0 Å². The zero-order valence-electron chi connectivity index (χ0n) is 24.9. The van der Waals surface area contributed by atoms with Gasteiger partial charge in [0.05, 0.1) is 18.9 Å². The first-order valence-corrected chi connectivity index (χ1v) is 14.4. The van der Waals surface area contributed by atoms with Crippen LogP contribution in [0.4, 0.5) is 5.82 Å². The number of para-hydroxylation sites is 1. The minimum atomic E-state index is -0.517. The number of hydrogen-bond donors (Lipinski definition) is 2. The molecule has 2 fully saturated rings. The van der Waals surface area contributed by atoms with Gasteiger partial charge in [-0.15, -0.1) is 0 Å². The SMILES string of the molecule is C[C@@H](Cn1c(=O)n(-c2ccc(Oc3ccccc3)cc2)c2c(N)ncnc21)NC(=O)/C(C#N)=C/C(C)(C)N1CC2(COC2)C1. The van der Waals surface area contributed by atoms with Gasteiger partial charge in [0.2, 0.25) is 0 Å². The van der Waals surface area contributed by atoms with Gasteiger partial charge in [0.15, 0.2) is 11.5 Å². The van der Waals surface area contributed by atoms with Gasteiger partial charge in [-0.2, -0.15) is 5.26 Å². The zero-order chi connectivity index (χ0) is 31.1. The summed E-state index contributed by atoms with van der Waals surface area (Å²) in [5.74, 6) is 0.936. The van der Waals surface area contributed by atoms with Gasteiger partial charge in [-0.1, -0.05) is 18.2 Å². The highest BCUT2D eigenvalue weighted by atomic mass is 16.5. The third-order valence-corrected chi connectivity index (χ3v) is 8.19. The summed E-state index contributed by atoms with van der Waals surface area (Å²) >= 11 is 0. The molecule has 3 N–H and O–H groups in total. The van der Waals surface area contributed by atoms with E-state index in [-0.39, 0.29) is 23.4 Å². The average molecular weight is 595 g/mol. The molecule has 226 valence electrons. The Labute approximate surface area is 254 Å². The molecular formula is C32H34N8O4. The van der Waals surface area contributed by atoms with Crippen molar-refractivity contribution < 1.29 is 14.3 Å². The molecule has 2 saturated heterocycles. The minimum absolute atomic E-state index is 0.0202. The highest BCUT2D eigenvalue weighted by Gasteiger charge is 2.52. The average Bonchev–Trinajstić information content (AvgIpc) is 3.23. The Hall–Kier alpha value is -4.99. The molecule has 0 saturated carbocycles. The number of hydrogen-bond acceptors (Lipinski definition) is 9. The summed E-state index contributed by atoms with van der Waals surface area (Å²) < 4.78 is 14.1. The number of rotatable bonds is 9. The summed E-state index contributed by atoms with van der Waals surface area (Å²) in [6, 6.07) is 18.0. The molecule has 2 aliphatic rings. The van der Waals surface area contributed by atoms with E-state index in [1.54, 1.807) is 37.3 Å². The molecule has 0 radical (unpaired) electrons. The van der Waals surface area contributed by atoms with Crippen molar-refractivity contribution in [1.82, 2.24) is 29.3 Å². The van der Waals surface area contributed by atoms with E-state index in [0.717, 1.165) is 26.3 Å². The lowest BCUT2D eigenvalue weighted by molar-refractivity contribution is -0.204. The number of likely N-dealkylation sites (tertiary alicyclic amines) is 1. The highest BCUT2D eigenvalue weighted by molar-refractivity contribution is 5.97. The maximum absolute atomic E-state index is 13.8. The predicted molar refractivity (Wildman–Crippen MR) is 164 cm³/mol. The second kappa shape index (κ2) is 11.3. The number of aromatic nitrogens is 4. The topological polar surface area (TPSA) is 153 Å². The molecular weight excluding hydrogens is 560 g/mol. The van der Waals surface area contributed by atoms with E-state index in [1.807, 2.05) is 44.2 Å². The summed E-state index contributed by atoms with van der Waals surface area (Å²) in [5.41, 5.74) is 6.83. The fourth-order valence-electron chi connectivity index (χ4n) is 5.75. The number of carbonyl (C=O) groups excluding carboxylic acids is 1. The molecule has 4 heterocycles. The molecule has 12 heteroatoms. The number of carbonyl (C=O) groups is 1. The van der Waals surface area contributed by atoms with Gasteiger partial charge in [0.25, 0.3) is 5.91 Å². The number of ether oxygens (including phenoxy) is 2. The second-order valence-electron chi connectivity index (χ2n) is 12.1. The molecule has 1 amide bonds. The van der Waals surface area contributed by atoms with Crippen LogP contribution in [0.1, 0.15) is 20.8 Å². The maximum Gasteiger partial charge on any atom is 0.335 e. The molecule has 1 atom stereocenters. The van der Waals surface area contributed by atoms with Gasteiger partial charge in [0, 0.05) is 36.6 Å². The van der Waals surface area contributed by atoms with E-state index in [1.165, 1.54) is 15.5 Å². The van der Waals surface area contributed by atoms with Gasteiger partial charge < -0.3 is 20.5 Å². The summed E-state index contributed by atoms with van der Waals surface area (Å²) in [5, 5.41) is 12.7. The van der Waals surface area contributed by atoms with Crippen molar-refractivity contribution in [3.05, 3.63) is 83.1 Å². The Balaban J connectivity index is 1.21. The van der Waals surface area contributed by atoms with Crippen LogP contribution in [0, 0.1) is 16.7 Å². The molecule has 6 rings (SSSR count). The Morgan fingerprint density at radius 1 is 1.16 bits per heavy atom. The Kier molecular flexibility index (Phi) is 7.44. The number of nitrogen functional groups attached to an aromatic ring is 1. The maximum atomic E-state index is 13.8. The Morgan fingerprint density at radius 2 is 1.84 bits per heavy atom. The number of nitrogens with zero attached hydrogens (tertiary/aromatic N) is 6. The number of amides is 1. The Morgan fingerprint density at radius 3 is 2.48 bits per heavy atom. The van der Waals surface area contributed by atoms with Crippen LogP contribution in [-0.4, -0.2) is 67.8 Å². The van der Waals surface area contributed by atoms with E-state index >= 15 is 0 Å². The number of nitriles is 1. The molecule has 2 aromatic carbocycles. The van der Waals surface area contributed by atoms with Crippen LogP contribution < -0.4 is 21.5 Å². The molecule has 2 aromatic heterocycles.